The zero-order valence-electron chi connectivity index (χ0n) is 9.63. The lowest BCUT2D eigenvalue weighted by atomic mass is 10.1. The van der Waals surface area contributed by atoms with E-state index in [-0.39, 0.29) is 12.6 Å². The lowest BCUT2D eigenvalue weighted by molar-refractivity contribution is -0.158. The molecule has 0 aliphatic carbocycles. The van der Waals surface area contributed by atoms with Gasteiger partial charge in [0.1, 0.15) is 0 Å². The van der Waals surface area contributed by atoms with Gasteiger partial charge in [-0.1, -0.05) is 0 Å². The van der Waals surface area contributed by atoms with E-state index in [1.165, 1.54) is 6.07 Å². The molecule has 1 saturated heterocycles. The second-order valence-corrected chi connectivity index (χ2v) is 4.14. The van der Waals surface area contributed by atoms with Gasteiger partial charge in [0, 0.05) is 26.2 Å². The number of hydrogen-bond acceptors (Lipinski definition) is 4. The molecule has 4 nitrogen and oxygen atoms in total. The van der Waals surface area contributed by atoms with Crippen molar-refractivity contribution in [1.82, 2.24) is 10.2 Å². The molecule has 2 atom stereocenters. The van der Waals surface area contributed by atoms with Crippen LogP contribution < -0.4 is 5.32 Å². The Bertz CT molecular complexity index is 277. The number of hydrogen-bond donors (Lipinski definition) is 1. The largest absolute Gasteiger partial charge is 0.405 e. The van der Waals surface area contributed by atoms with Crippen LogP contribution in [0.2, 0.25) is 0 Å². The fourth-order valence-corrected chi connectivity index (χ4v) is 1.61. The first-order chi connectivity index (χ1) is 7.93. The summed E-state index contributed by atoms with van der Waals surface area (Å²) in [6.07, 6.45) is -4.58. The van der Waals surface area contributed by atoms with Crippen molar-refractivity contribution in [2.24, 2.45) is 5.92 Å². The van der Waals surface area contributed by atoms with Gasteiger partial charge in [0.2, 0.25) is 0 Å². The SMILES string of the molecule is CN1CCOC(CNCC(C#N)C(F)(F)F)C1. The maximum atomic E-state index is 12.2. The van der Waals surface area contributed by atoms with Gasteiger partial charge in [0.25, 0.3) is 0 Å². The number of morpholine rings is 1. The van der Waals surface area contributed by atoms with Gasteiger partial charge in [-0.25, -0.2) is 0 Å². The van der Waals surface area contributed by atoms with Crippen molar-refractivity contribution < 1.29 is 17.9 Å². The topological polar surface area (TPSA) is 48.3 Å². The van der Waals surface area contributed by atoms with E-state index in [2.05, 4.69) is 10.2 Å². The summed E-state index contributed by atoms with van der Waals surface area (Å²) >= 11 is 0. The summed E-state index contributed by atoms with van der Waals surface area (Å²) in [4.78, 5) is 2.06. The third kappa shape index (κ3) is 4.89. The Morgan fingerprint density at radius 1 is 1.59 bits per heavy atom. The molecule has 0 aromatic carbocycles. The third-order valence-electron chi connectivity index (χ3n) is 2.61. The molecule has 0 spiro atoms. The minimum atomic E-state index is -4.47. The average Bonchev–Trinajstić information content (AvgIpc) is 2.22. The van der Waals surface area contributed by atoms with Crippen LogP contribution in [0.3, 0.4) is 0 Å². The summed E-state index contributed by atoms with van der Waals surface area (Å²) < 4.78 is 42.1. The maximum absolute atomic E-state index is 12.2. The monoisotopic (exact) mass is 251 g/mol. The molecular formula is C10H16F3N3O. The second kappa shape index (κ2) is 6.19. The van der Waals surface area contributed by atoms with Gasteiger partial charge < -0.3 is 15.0 Å². The van der Waals surface area contributed by atoms with Gasteiger partial charge >= 0.3 is 6.18 Å². The first kappa shape index (κ1) is 14.2. The first-order valence-corrected chi connectivity index (χ1v) is 5.40. The molecule has 1 rings (SSSR count). The molecule has 2 unspecified atom stereocenters. The van der Waals surface area contributed by atoms with Gasteiger partial charge in [0.15, 0.2) is 5.92 Å². The van der Waals surface area contributed by atoms with Crippen molar-refractivity contribution in [3.05, 3.63) is 0 Å². The molecule has 98 valence electrons. The highest BCUT2D eigenvalue weighted by atomic mass is 19.4. The molecule has 17 heavy (non-hydrogen) atoms. The number of rotatable bonds is 4. The van der Waals surface area contributed by atoms with Crippen LogP contribution >= 0.6 is 0 Å². The highest BCUT2D eigenvalue weighted by Gasteiger charge is 2.39. The number of nitriles is 1. The molecule has 1 aliphatic heterocycles. The summed E-state index contributed by atoms with van der Waals surface area (Å²) in [5.74, 6) is -1.95. The summed E-state index contributed by atoms with van der Waals surface area (Å²) in [5, 5.41) is 11.0. The zero-order chi connectivity index (χ0) is 12.9. The summed E-state index contributed by atoms with van der Waals surface area (Å²) in [6, 6.07) is 1.25. The van der Waals surface area contributed by atoms with Crippen LogP contribution in [0.5, 0.6) is 0 Å². The predicted octanol–water partition coefficient (Wildman–Crippen LogP) is 0.609. The molecule has 1 fully saturated rings. The van der Waals surface area contributed by atoms with Crippen LogP contribution in [-0.4, -0.2) is 57.0 Å². The summed E-state index contributed by atoms with van der Waals surface area (Å²) in [7, 11) is 1.93. The fourth-order valence-electron chi connectivity index (χ4n) is 1.61. The predicted molar refractivity (Wildman–Crippen MR) is 55.3 cm³/mol. The lowest BCUT2D eigenvalue weighted by Crippen LogP contribution is -2.46. The average molecular weight is 251 g/mol. The second-order valence-electron chi connectivity index (χ2n) is 4.14. The number of nitrogens with zero attached hydrogens (tertiary/aromatic N) is 2. The molecule has 0 saturated carbocycles. The standard InChI is InChI=1S/C10H16F3N3O/c1-16-2-3-17-9(7-16)6-15-5-8(4-14)10(11,12)13/h8-9,15H,2-3,5-7H2,1H3. The van der Waals surface area contributed by atoms with Crippen LogP contribution in [0, 0.1) is 17.2 Å². The molecule has 0 radical (unpaired) electrons. The summed E-state index contributed by atoms with van der Waals surface area (Å²) in [6.45, 7) is 2.06. The number of ether oxygens (including phenoxy) is 1. The van der Waals surface area contributed by atoms with Crippen molar-refractivity contribution in [2.75, 3.05) is 39.8 Å². The van der Waals surface area contributed by atoms with Crippen molar-refractivity contribution in [1.29, 1.82) is 5.26 Å². The molecule has 1 aliphatic rings. The van der Waals surface area contributed by atoms with Gasteiger partial charge in [-0.3, -0.25) is 0 Å². The van der Waals surface area contributed by atoms with Crippen LogP contribution in [0.4, 0.5) is 13.2 Å². The fraction of sp³-hybridized carbons (Fsp3) is 0.900. The number of likely N-dealkylation sites (N-methyl/N-ethyl adjacent to an activating group) is 1. The van der Waals surface area contributed by atoms with Crippen molar-refractivity contribution >= 4 is 0 Å². The Balaban J connectivity index is 2.25. The smallest absolute Gasteiger partial charge is 0.374 e. The number of halogens is 3. The van der Waals surface area contributed by atoms with Gasteiger partial charge in [-0.05, 0) is 7.05 Å². The van der Waals surface area contributed by atoms with Crippen LogP contribution in [0.15, 0.2) is 0 Å². The number of nitrogens with one attached hydrogen (secondary N) is 1. The first-order valence-electron chi connectivity index (χ1n) is 5.40. The third-order valence-corrected chi connectivity index (χ3v) is 2.61. The minimum Gasteiger partial charge on any atom is -0.374 e. The van der Waals surface area contributed by atoms with E-state index >= 15 is 0 Å². The highest BCUT2D eigenvalue weighted by molar-refractivity contribution is 4.90. The lowest BCUT2D eigenvalue weighted by Gasteiger charge is -2.30. The number of alkyl halides is 3. The van der Waals surface area contributed by atoms with Gasteiger partial charge in [0.05, 0.1) is 18.8 Å². The molecule has 1 heterocycles. The van der Waals surface area contributed by atoms with E-state index in [1.54, 1.807) is 0 Å². The zero-order valence-corrected chi connectivity index (χ0v) is 9.63. The molecule has 0 amide bonds. The van der Waals surface area contributed by atoms with E-state index in [1.807, 2.05) is 7.05 Å². The Hall–Kier alpha value is -0.840. The highest BCUT2D eigenvalue weighted by Crippen LogP contribution is 2.24. The Morgan fingerprint density at radius 3 is 2.82 bits per heavy atom. The van der Waals surface area contributed by atoms with Crippen molar-refractivity contribution in [2.45, 2.75) is 12.3 Å². The molecule has 1 N–H and O–H groups in total. The molecule has 7 heteroatoms. The molecule has 0 aromatic rings. The van der Waals surface area contributed by atoms with E-state index < -0.39 is 12.1 Å². The molecule has 0 aromatic heterocycles. The van der Waals surface area contributed by atoms with Gasteiger partial charge in [-0.2, -0.15) is 18.4 Å². The van der Waals surface area contributed by atoms with Crippen molar-refractivity contribution in [3.63, 3.8) is 0 Å². The quantitative estimate of drug-likeness (QED) is 0.795. The van der Waals surface area contributed by atoms with Crippen LogP contribution in [0.1, 0.15) is 0 Å². The molecule has 0 bridgehead atoms. The van der Waals surface area contributed by atoms with E-state index in [9.17, 15) is 13.2 Å². The Morgan fingerprint density at radius 2 is 2.29 bits per heavy atom. The van der Waals surface area contributed by atoms with Gasteiger partial charge in [-0.15, -0.1) is 0 Å². The Labute approximate surface area is 98.3 Å². The van der Waals surface area contributed by atoms with E-state index in [0.29, 0.717) is 19.7 Å². The maximum Gasteiger partial charge on any atom is 0.405 e. The summed E-state index contributed by atoms with van der Waals surface area (Å²) in [5.41, 5.74) is 0. The molecular weight excluding hydrogens is 235 g/mol. The van der Waals surface area contributed by atoms with Crippen LogP contribution in [0.25, 0.3) is 0 Å². The normalized spacial score (nSPS) is 24.3. The van der Waals surface area contributed by atoms with E-state index in [4.69, 9.17) is 10.00 Å². The van der Waals surface area contributed by atoms with Crippen molar-refractivity contribution in [3.8, 4) is 6.07 Å². The van der Waals surface area contributed by atoms with Crippen LogP contribution in [-0.2, 0) is 4.74 Å². The minimum absolute atomic E-state index is 0.110. The Kier molecular flexibility index (Phi) is 5.18. The van der Waals surface area contributed by atoms with E-state index in [0.717, 1.165) is 6.54 Å².